The van der Waals surface area contributed by atoms with Gasteiger partial charge in [-0.15, -0.1) is 0 Å². The lowest BCUT2D eigenvalue weighted by atomic mass is 10.0. The van der Waals surface area contributed by atoms with E-state index in [4.69, 9.17) is 9.47 Å². The Bertz CT molecular complexity index is 1800. The number of sulfonamides is 1. The maximum absolute atomic E-state index is 15.1. The van der Waals surface area contributed by atoms with Gasteiger partial charge in [0.15, 0.2) is 11.5 Å². The summed E-state index contributed by atoms with van der Waals surface area (Å²) in [5, 5.41) is 2.97. The van der Waals surface area contributed by atoms with Gasteiger partial charge < -0.3 is 19.7 Å². The number of rotatable bonds is 15. The molecule has 2 atom stereocenters. The second-order valence-corrected chi connectivity index (χ2v) is 13.4. The zero-order valence-electron chi connectivity index (χ0n) is 27.9. The fourth-order valence-corrected chi connectivity index (χ4v) is 6.58. The van der Waals surface area contributed by atoms with Crippen LogP contribution in [0.3, 0.4) is 0 Å². The molecule has 4 rings (SSSR count). The van der Waals surface area contributed by atoms with Crippen molar-refractivity contribution >= 4 is 27.5 Å². The van der Waals surface area contributed by atoms with Gasteiger partial charge in [-0.1, -0.05) is 73.2 Å². The van der Waals surface area contributed by atoms with Crippen molar-refractivity contribution in [3.8, 4) is 11.5 Å². The van der Waals surface area contributed by atoms with E-state index >= 15 is 4.39 Å². The van der Waals surface area contributed by atoms with Crippen molar-refractivity contribution < 1.29 is 31.9 Å². The molecule has 11 heteroatoms. The Labute approximate surface area is 282 Å². The highest BCUT2D eigenvalue weighted by Crippen LogP contribution is 2.32. The first-order valence-corrected chi connectivity index (χ1v) is 17.1. The van der Waals surface area contributed by atoms with Gasteiger partial charge >= 0.3 is 0 Å². The van der Waals surface area contributed by atoms with Crippen LogP contribution < -0.4 is 19.1 Å². The maximum Gasteiger partial charge on any atom is 0.264 e. The van der Waals surface area contributed by atoms with Crippen molar-refractivity contribution in [2.24, 2.45) is 0 Å². The number of aryl methyl sites for hydroxylation is 1. The topological polar surface area (TPSA) is 105 Å². The molecule has 1 N–H and O–H groups in total. The number of methoxy groups -OCH3 is 2. The number of hydrogen-bond donors (Lipinski definition) is 1. The smallest absolute Gasteiger partial charge is 0.264 e. The van der Waals surface area contributed by atoms with Crippen LogP contribution in [0, 0.1) is 12.7 Å². The fourth-order valence-electron chi connectivity index (χ4n) is 5.15. The standard InChI is InChI=1S/C37H42FN3O6S/c1-6-27(3)39-37(43)33(22-28-12-8-7-9-13-28)40(24-29-14-10-11-15-32(29)38)36(42)25-41(30-18-16-26(2)17-19-30)48(44,45)31-20-21-34(46-4)35(23-31)47-5/h7-21,23,27,33H,6,22,24-25H2,1-5H3,(H,39,43)/t27-,33+/m1/s1. The van der Waals surface area contributed by atoms with Crippen molar-refractivity contribution in [3.05, 3.63) is 120 Å². The first kappa shape index (κ1) is 35.9. The molecule has 0 fully saturated rings. The minimum atomic E-state index is -4.39. The number of benzene rings is 4. The number of carbonyl (C=O) groups excluding carboxylic acids is 2. The summed E-state index contributed by atoms with van der Waals surface area (Å²) in [6, 6.07) is 24.8. The summed E-state index contributed by atoms with van der Waals surface area (Å²) in [7, 11) is -1.55. The predicted molar refractivity (Wildman–Crippen MR) is 184 cm³/mol. The number of carbonyl (C=O) groups is 2. The van der Waals surface area contributed by atoms with E-state index in [0.717, 1.165) is 15.4 Å². The van der Waals surface area contributed by atoms with Gasteiger partial charge in [-0.05, 0) is 56.2 Å². The molecule has 0 saturated heterocycles. The van der Waals surface area contributed by atoms with E-state index in [-0.39, 0.29) is 40.9 Å². The Morgan fingerprint density at radius 1 is 0.875 bits per heavy atom. The molecule has 0 aromatic heterocycles. The third kappa shape index (κ3) is 8.71. The molecule has 254 valence electrons. The van der Waals surface area contributed by atoms with Gasteiger partial charge in [0, 0.05) is 30.6 Å². The van der Waals surface area contributed by atoms with Gasteiger partial charge in [0.25, 0.3) is 10.0 Å². The molecule has 4 aromatic rings. The van der Waals surface area contributed by atoms with Crippen molar-refractivity contribution in [3.63, 3.8) is 0 Å². The highest BCUT2D eigenvalue weighted by molar-refractivity contribution is 7.92. The summed E-state index contributed by atoms with van der Waals surface area (Å²) >= 11 is 0. The second-order valence-electron chi connectivity index (χ2n) is 11.5. The number of anilines is 1. The summed E-state index contributed by atoms with van der Waals surface area (Å²) in [6.07, 6.45) is 0.770. The first-order chi connectivity index (χ1) is 23.0. The van der Waals surface area contributed by atoms with Gasteiger partial charge in [0.1, 0.15) is 18.4 Å². The first-order valence-electron chi connectivity index (χ1n) is 15.7. The number of nitrogens with one attached hydrogen (secondary N) is 1. The molecule has 4 aromatic carbocycles. The fraction of sp³-hybridized carbons (Fsp3) is 0.297. The quantitative estimate of drug-likeness (QED) is 0.168. The van der Waals surface area contributed by atoms with E-state index < -0.39 is 40.2 Å². The summed E-state index contributed by atoms with van der Waals surface area (Å²) < 4.78 is 55.5. The Kier molecular flexibility index (Phi) is 12.2. The van der Waals surface area contributed by atoms with Crippen LogP contribution in [0.25, 0.3) is 0 Å². The van der Waals surface area contributed by atoms with E-state index in [1.807, 2.05) is 51.1 Å². The van der Waals surface area contributed by atoms with Crippen LogP contribution in [-0.4, -0.2) is 58.0 Å². The van der Waals surface area contributed by atoms with E-state index in [1.54, 1.807) is 36.4 Å². The van der Waals surface area contributed by atoms with Gasteiger partial charge in [0.2, 0.25) is 11.8 Å². The number of amides is 2. The minimum absolute atomic E-state index is 0.121. The van der Waals surface area contributed by atoms with Crippen LogP contribution in [0.15, 0.2) is 102 Å². The molecule has 48 heavy (non-hydrogen) atoms. The van der Waals surface area contributed by atoms with Gasteiger partial charge in [-0.2, -0.15) is 0 Å². The zero-order chi connectivity index (χ0) is 34.8. The highest BCUT2D eigenvalue weighted by atomic mass is 32.2. The van der Waals surface area contributed by atoms with Crippen molar-refractivity contribution in [2.45, 2.75) is 57.1 Å². The number of ether oxygens (including phenoxy) is 2. The molecule has 0 spiro atoms. The highest BCUT2D eigenvalue weighted by Gasteiger charge is 2.35. The lowest BCUT2D eigenvalue weighted by molar-refractivity contribution is -0.140. The van der Waals surface area contributed by atoms with Crippen molar-refractivity contribution in [1.29, 1.82) is 0 Å². The Balaban J connectivity index is 1.84. The molecule has 0 bridgehead atoms. The van der Waals surface area contributed by atoms with Crippen LogP contribution in [0.2, 0.25) is 0 Å². The van der Waals surface area contributed by atoms with E-state index in [9.17, 15) is 18.0 Å². The molecule has 9 nitrogen and oxygen atoms in total. The summed E-state index contributed by atoms with van der Waals surface area (Å²) in [5.74, 6) is -1.14. The van der Waals surface area contributed by atoms with E-state index in [0.29, 0.717) is 12.2 Å². The van der Waals surface area contributed by atoms with Gasteiger partial charge in [-0.25, -0.2) is 12.8 Å². The van der Waals surface area contributed by atoms with Crippen molar-refractivity contribution in [2.75, 3.05) is 25.1 Å². The maximum atomic E-state index is 15.1. The molecule has 0 aliphatic carbocycles. The van der Waals surface area contributed by atoms with Crippen LogP contribution in [-0.2, 0) is 32.6 Å². The van der Waals surface area contributed by atoms with Crippen LogP contribution in [0.1, 0.15) is 37.0 Å². The largest absolute Gasteiger partial charge is 0.493 e. The molecular weight excluding hydrogens is 633 g/mol. The van der Waals surface area contributed by atoms with Crippen molar-refractivity contribution in [1.82, 2.24) is 10.2 Å². The lowest BCUT2D eigenvalue weighted by Crippen LogP contribution is -2.54. The van der Waals surface area contributed by atoms with E-state index in [2.05, 4.69) is 5.32 Å². The third-order valence-electron chi connectivity index (χ3n) is 8.11. The zero-order valence-corrected chi connectivity index (χ0v) is 28.7. The second kappa shape index (κ2) is 16.3. The summed E-state index contributed by atoms with van der Waals surface area (Å²) in [6.45, 7) is 4.71. The SMILES string of the molecule is CC[C@@H](C)NC(=O)[C@H](Cc1ccccc1)N(Cc1ccccc1F)C(=O)CN(c1ccc(C)cc1)S(=O)(=O)c1ccc(OC)c(OC)c1. The molecule has 0 heterocycles. The minimum Gasteiger partial charge on any atom is -0.493 e. The number of halogens is 1. The summed E-state index contributed by atoms with van der Waals surface area (Å²) in [5.41, 5.74) is 2.09. The Hall–Kier alpha value is -4.90. The normalized spacial score (nSPS) is 12.5. The number of nitrogens with zero attached hydrogens (tertiary/aromatic N) is 2. The van der Waals surface area contributed by atoms with Crippen LogP contribution in [0.5, 0.6) is 11.5 Å². The monoisotopic (exact) mass is 675 g/mol. The molecule has 0 aliphatic heterocycles. The molecule has 0 unspecified atom stereocenters. The molecule has 0 saturated carbocycles. The molecule has 0 radical (unpaired) electrons. The third-order valence-corrected chi connectivity index (χ3v) is 9.88. The average Bonchev–Trinajstić information content (AvgIpc) is 3.09. The number of hydrogen-bond acceptors (Lipinski definition) is 6. The van der Waals surface area contributed by atoms with Crippen LogP contribution >= 0.6 is 0 Å². The van der Waals surface area contributed by atoms with E-state index in [1.165, 1.54) is 49.5 Å². The lowest BCUT2D eigenvalue weighted by Gasteiger charge is -2.34. The predicted octanol–water partition coefficient (Wildman–Crippen LogP) is 5.90. The van der Waals surface area contributed by atoms with Crippen LogP contribution in [0.4, 0.5) is 10.1 Å². The van der Waals surface area contributed by atoms with Gasteiger partial charge in [0.05, 0.1) is 24.8 Å². The Morgan fingerprint density at radius 3 is 2.15 bits per heavy atom. The molecule has 0 aliphatic rings. The molecular formula is C37H42FN3O6S. The van der Waals surface area contributed by atoms with Gasteiger partial charge in [-0.3, -0.25) is 13.9 Å². The molecule has 2 amide bonds. The Morgan fingerprint density at radius 2 is 1.52 bits per heavy atom. The average molecular weight is 676 g/mol. The summed E-state index contributed by atoms with van der Waals surface area (Å²) in [4.78, 5) is 29.6.